The van der Waals surface area contributed by atoms with Crippen molar-refractivity contribution < 1.29 is 46.8 Å². The third-order valence-corrected chi connectivity index (χ3v) is 7.76. The molecule has 6 atom stereocenters. The highest BCUT2D eigenvalue weighted by molar-refractivity contribution is 7.36. The molecule has 41 heavy (non-hydrogen) atoms. The van der Waals surface area contributed by atoms with Crippen molar-refractivity contribution in [1.82, 2.24) is 19.7 Å². The van der Waals surface area contributed by atoms with Crippen LogP contribution in [0.1, 0.15) is 59.3 Å². The summed E-state index contributed by atoms with van der Waals surface area (Å²) in [4.78, 5) is 40.4. The number of halogens is 1. The van der Waals surface area contributed by atoms with Gasteiger partial charge in [-0.05, 0) is 29.5 Å². The minimum absolute atomic E-state index is 0.153. The molecule has 2 aromatic heterocycles. The number of nitrogen functional groups attached to an aromatic ring is 1. The summed E-state index contributed by atoms with van der Waals surface area (Å²) < 4.78 is 56.6. The average molecular weight is 601 g/mol. The van der Waals surface area contributed by atoms with E-state index >= 15 is 0 Å². The summed E-state index contributed by atoms with van der Waals surface area (Å²) in [6, 6.07) is 2.16. The Morgan fingerprint density at radius 3 is 2.51 bits per heavy atom. The molecule has 1 unspecified atom stereocenters. The standard InChI is InChI=1S/C25H36FN5O9P/c1-6-17(7-2)10-36-24(34)14(3)30-41(35)37-12-25(11-26)22(39-16(5)33)21(38-15(4)32)20(40-25)18-8-9-19-23(27)28-13-29-31(18)19/h8-9,13-14,17,20-22H,6-7,10-12H2,1-5H3,(H,30,35)(H2,27,28,29)/q+1/t14-,20-,21-,22-,25+/m0/s1. The van der Waals surface area contributed by atoms with Crippen molar-refractivity contribution >= 4 is 37.4 Å². The van der Waals surface area contributed by atoms with Crippen LogP contribution in [-0.4, -0.2) is 76.2 Å². The van der Waals surface area contributed by atoms with Gasteiger partial charge in [0.1, 0.15) is 37.3 Å². The maximum Gasteiger partial charge on any atom is 0.613 e. The zero-order valence-corrected chi connectivity index (χ0v) is 24.5. The molecule has 0 radical (unpaired) electrons. The van der Waals surface area contributed by atoms with Gasteiger partial charge in [-0.25, -0.2) is 13.9 Å². The zero-order chi connectivity index (χ0) is 30.3. The number of esters is 3. The molecule has 0 aromatic carbocycles. The minimum Gasteiger partial charge on any atom is -0.464 e. The minimum atomic E-state index is -2.74. The van der Waals surface area contributed by atoms with E-state index in [1.54, 1.807) is 12.1 Å². The Morgan fingerprint density at radius 1 is 1.22 bits per heavy atom. The van der Waals surface area contributed by atoms with E-state index in [4.69, 9.17) is 29.2 Å². The van der Waals surface area contributed by atoms with Gasteiger partial charge in [0.15, 0.2) is 23.6 Å². The first-order chi connectivity index (χ1) is 19.5. The lowest BCUT2D eigenvalue weighted by atomic mass is 9.95. The monoisotopic (exact) mass is 600 g/mol. The first-order valence-corrected chi connectivity index (χ1v) is 14.3. The van der Waals surface area contributed by atoms with Gasteiger partial charge in [-0.2, -0.15) is 5.10 Å². The van der Waals surface area contributed by atoms with Crippen molar-refractivity contribution in [1.29, 1.82) is 0 Å². The van der Waals surface area contributed by atoms with E-state index in [0.29, 0.717) is 11.2 Å². The van der Waals surface area contributed by atoms with Gasteiger partial charge in [-0.1, -0.05) is 31.8 Å². The van der Waals surface area contributed by atoms with Crippen LogP contribution in [0.15, 0.2) is 18.5 Å². The fourth-order valence-corrected chi connectivity index (χ4v) is 5.29. The van der Waals surface area contributed by atoms with Crippen molar-refractivity contribution in [2.24, 2.45) is 5.92 Å². The fourth-order valence-electron chi connectivity index (χ4n) is 4.46. The number of carbonyl (C=O) groups excluding carboxylic acids is 3. The van der Waals surface area contributed by atoms with E-state index in [2.05, 4.69) is 15.2 Å². The van der Waals surface area contributed by atoms with Crippen molar-refractivity contribution in [2.45, 2.75) is 77.4 Å². The molecule has 14 nitrogen and oxygen atoms in total. The maximum absolute atomic E-state index is 14.9. The first kappa shape index (κ1) is 32.3. The lowest BCUT2D eigenvalue weighted by molar-refractivity contribution is -0.172. The number of ether oxygens (including phenoxy) is 4. The van der Waals surface area contributed by atoms with Crippen molar-refractivity contribution in [3.8, 4) is 0 Å². The van der Waals surface area contributed by atoms with Crippen LogP contribution in [0.25, 0.3) is 5.52 Å². The molecular formula is C25H36FN5O9P+. The number of nitrogens with one attached hydrogen (secondary N) is 1. The summed E-state index contributed by atoms with van der Waals surface area (Å²) in [6.45, 7) is 5.90. The van der Waals surface area contributed by atoms with E-state index in [1.807, 2.05) is 13.8 Å². The summed E-state index contributed by atoms with van der Waals surface area (Å²) in [6.07, 6.45) is -1.17. The molecule has 3 heterocycles. The largest absolute Gasteiger partial charge is 0.613 e. The number of rotatable bonds is 14. The Morgan fingerprint density at radius 2 is 1.90 bits per heavy atom. The number of hydrogen-bond acceptors (Lipinski definition) is 12. The molecular weight excluding hydrogens is 564 g/mol. The van der Waals surface area contributed by atoms with Gasteiger partial charge in [-0.15, -0.1) is 4.52 Å². The molecule has 3 rings (SSSR count). The van der Waals surface area contributed by atoms with Gasteiger partial charge in [0.05, 0.1) is 12.3 Å². The number of nitrogens with two attached hydrogens (primary N) is 1. The highest BCUT2D eigenvalue weighted by Crippen LogP contribution is 2.45. The summed E-state index contributed by atoms with van der Waals surface area (Å²) in [5, 5.41) is 6.63. The van der Waals surface area contributed by atoms with Crippen LogP contribution in [0.4, 0.5) is 10.2 Å². The van der Waals surface area contributed by atoms with Crippen LogP contribution in [0.2, 0.25) is 0 Å². The summed E-state index contributed by atoms with van der Waals surface area (Å²) in [7, 11) is -2.74. The smallest absolute Gasteiger partial charge is 0.464 e. The van der Waals surface area contributed by atoms with Crippen molar-refractivity contribution in [3.05, 3.63) is 24.2 Å². The Hall–Kier alpha value is -3.26. The third-order valence-electron chi connectivity index (χ3n) is 6.80. The van der Waals surface area contributed by atoms with Gasteiger partial charge in [0, 0.05) is 13.8 Å². The molecule has 16 heteroatoms. The third kappa shape index (κ3) is 7.53. The molecule has 1 saturated heterocycles. The van der Waals surface area contributed by atoms with E-state index in [0.717, 1.165) is 26.7 Å². The molecule has 1 aliphatic rings. The molecule has 2 aromatic rings. The molecule has 1 aliphatic heterocycles. The fraction of sp³-hybridized carbons (Fsp3) is 0.640. The lowest BCUT2D eigenvalue weighted by Gasteiger charge is -2.29. The van der Waals surface area contributed by atoms with Crippen molar-refractivity contribution in [2.75, 3.05) is 25.6 Å². The number of alkyl halides is 1. The second-order valence-corrected chi connectivity index (χ2v) is 10.8. The average Bonchev–Trinajstić information content (AvgIpc) is 3.48. The Labute approximate surface area is 237 Å². The van der Waals surface area contributed by atoms with E-state index < -0.39 is 69.3 Å². The lowest BCUT2D eigenvalue weighted by Crippen LogP contribution is -2.51. The van der Waals surface area contributed by atoms with Crippen LogP contribution in [-0.2, 0) is 42.4 Å². The van der Waals surface area contributed by atoms with Gasteiger partial charge >= 0.3 is 26.1 Å². The number of aromatic nitrogens is 3. The molecule has 0 amide bonds. The van der Waals surface area contributed by atoms with Crippen LogP contribution >= 0.6 is 8.18 Å². The predicted octanol–water partition coefficient (Wildman–Crippen LogP) is 2.59. The van der Waals surface area contributed by atoms with Gasteiger partial charge in [-0.3, -0.25) is 14.4 Å². The maximum atomic E-state index is 14.9. The van der Waals surface area contributed by atoms with E-state index in [1.165, 1.54) is 17.8 Å². The SMILES string of the molecule is CCC(CC)COC(=O)[C@H](C)N[P+](=O)OC[C@@]1(CF)O[C@@H](c2ccc3c(N)ncnn23)[C@H](OC(C)=O)[C@@H]1OC(C)=O. The Kier molecular flexibility index (Phi) is 11.1. The second kappa shape index (κ2) is 14.1. The van der Waals surface area contributed by atoms with Gasteiger partial charge < -0.3 is 24.7 Å². The molecule has 0 bridgehead atoms. The molecule has 226 valence electrons. The summed E-state index contributed by atoms with van der Waals surface area (Å²) in [5.41, 5.74) is 4.58. The number of fused-ring (bicyclic) bond motifs is 1. The molecule has 3 N–H and O–H groups in total. The Bertz CT molecular complexity index is 1260. The highest BCUT2D eigenvalue weighted by atomic mass is 31.1. The van der Waals surface area contributed by atoms with Crippen LogP contribution < -0.4 is 10.8 Å². The van der Waals surface area contributed by atoms with Crippen LogP contribution in [0, 0.1) is 5.92 Å². The zero-order valence-electron chi connectivity index (χ0n) is 23.6. The van der Waals surface area contributed by atoms with Gasteiger partial charge in [0.2, 0.25) is 0 Å². The predicted molar refractivity (Wildman–Crippen MR) is 142 cm³/mol. The number of hydrogen-bond donors (Lipinski definition) is 2. The van der Waals surface area contributed by atoms with E-state index in [9.17, 15) is 23.3 Å². The van der Waals surface area contributed by atoms with Crippen LogP contribution in [0.3, 0.4) is 0 Å². The summed E-state index contributed by atoms with van der Waals surface area (Å²) >= 11 is 0. The van der Waals surface area contributed by atoms with Crippen molar-refractivity contribution in [3.63, 3.8) is 0 Å². The highest BCUT2D eigenvalue weighted by Gasteiger charge is 2.61. The number of nitrogens with zero attached hydrogens (tertiary/aromatic N) is 3. The molecule has 0 spiro atoms. The molecule has 0 aliphatic carbocycles. The normalized spacial score (nSPS) is 23.4. The van der Waals surface area contributed by atoms with Gasteiger partial charge in [0.25, 0.3) is 0 Å². The van der Waals surface area contributed by atoms with Crippen LogP contribution in [0.5, 0.6) is 0 Å². The molecule has 1 fully saturated rings. The first-order valence-electron chi connectivity index (χ1n) is 13.2. The molecule has 0 saturated carbocycles. The summed E-state index contributed by atoms with van der Waals surface area (Å²) in [5.74, 6) is -1.83. The number of anilines is 1. The Balaban J connectivity index is 1.83. The van der Waals surface area contributed by atoms with E-state index in [-0.39, 0.29) is 18.3 Å². The quantitative estimate of drug-likeness (QED) is 0.183. The topological polar surface area (TPSA) is 183 Å². The second-order valence-electron chi connectivity index (χ2n) is 9.74. The number of carbonyl (C=O) groups is 3.